The number of carbonyl (C=O) groups excluding carboxylic acids is 1. The molecule has 0 unspecified atom stereocenters. The Morgan fingerprint density at radius 2 is 2.00 bits per heavy atom. The number of rotatable bonds is 10. The molecule has 6 heteroatoms. The first-order valence-corrected chi connectivity index (χ1v) is 6.72. The topological polar surface area (TPSA) is 80.6 Å². The van der Waals surface area contributed by atoms with E-state index in [2.05, 4.69) is 5.32 Å². The molecule has 0 bridgehead atoms. The van der Waals surface area contributed by atoms with Gasteiger partial charge in [0.2, 0.25) is 0 Å². The van der Waals surface area contributed by atoms with Crippen molar-refractivity contribution in [3.8, 4) is 11.8 Å². The van der Waals surface area contributed by atoms with Crippen molar-refractivity contribution in [2.45, 2.75) is 6.42 Å². The number of nitriles is 1. The summed E-state index contributed by atoms with van der Waals surface area (Å²) in [5.41, 5.74) is 0.556. The second-order valence-electron chi connectivity index (χ2n) is 4.23. The zero-order valence-electron chi connectivity index (χ0n) is 12.1. The van der Waals surface area contributed by atoms with Crippen molar-refractivity contribution >= 4 is 5.91 Å². The number of nitrogens with zero attached hydrogens (tertiary/aromatic N) is 1. The molecule has 0 radical (unpaired) electrons. The van der Waals surface area contributed by atoms with Gasteiger partial charge in [-0.2, -0.15) is 5.26 Å². The number of amides is 1. The van der Waals surface area contributed by atoms with Crippen molar-refractivity contribution in [3.05, 3.63) is 29.8 Å². The summed E-state index contributed by atoms with van der Waals surface area (Å²) < 4.78 is 15.4. The van der Waals surface area contributed by atoms with Gasteiger partial charge in [0, 0.05) is 20.3 Å². The largest absolute Gasteiger partial charge is 0.484 e. The van der Waals surface area contributed by atoms with Crippen LogP contribution in [0.5, 0.6) is 5.75 Å². The summed E-state index contributed by atoms with van der Waals surface area (Å²) in [7, 11) is 1.62. The molecular formula is C15H20N2O4. The van der Waals surface area contributed by atoms with Crippen molar-refractivity contribution in [3.63, 3.8) is 0 Å². The van der Waals surface area contributed by atoms with Gasteiger partial charge in [0.1, 0.15) is 5.75 Å². The van der Waals surface area contributed by atoms with Crippen molar-refractivity contribution in [1.29, 1.82) is 5.26 Å². The molecule has 21 heavy (non-hydrogen) atoms. The SMILES string of the molecule is COCCOCCCNC(=O)COc1ccc(C#N)cc1. The fourth-order valence-electron chi connectivity index (χ4n) is 1.47. The third kappa shape index (κ3) is 7.92. The number of carbonyl (C=O) groups is 1. The van der Waals surface area contributed by atoms with E-state index in [0.29, 0.717) is 37.7 Å². The molecule has 0 atom stereocenters. The zero-order chi connectivity index (χ0) is 15.3. The van der Waals surface area contributed by atoms with Crippen LogP contribution in [0.1, 0.15) is 12.0 Å². The minimum atomic E-state index is -0.184. The first kappa shape index (κ1) is 17.0. The Labute approximate surface area is 124 Å². The van der Waals surface area contributed by atoms with Crippen LogP contribution in [0.15, 0.2) is 24.3 Å². The lowest BCUT2D eigenvalue weighted by Crippen LogP contribution is -2.30. The molecule has 6 nitrogen and oxygen atoms in total. The second kappa shape index (κ2) is 10.7. The Morgan fingerprint density at radius 3 is 2.67 bits per heavy atom. The molecule has 1 rings (SSSR count). The monoisotopic (exact) mass is 292 g/mol. The smallest absolute Gasteiger partial charge is 0.257 e. The van der Waals surface area contributed by atoms with Crippen molar-refractivity contribution < 1.29 is 19.0 Å². The lowest BCUT2D eigenvalue weighted by atomic mass is 10.2. The minimum absolute atomic E-state index is 0.0452. The molecule has 0 fully saturated rings. The van der Waals surface area contributed by atoms with E-state index >= 15 is 0 Å². The fourth-order valence-corrected chi connectivity index (χ4v) is 1.47. The van der Waals surface area contributed by atoms with Gasteiger partial charge >= 0.3 is 0 Å². The number of hydrogen-bond acceptors (Lipinski definition) is 5. The summed E-state index contributed by atoms with van der Waals surface area (Å²) in [5.74, 6) is 0.378. The molecule has 0 aromatic heterocycles. The van der Waals surface area contributed by atoms with Gasteiger partial charge in [0.05, 0.1) is 24.8 Å². The van der Waals surface area contributed by atoms with Crippen LogP contribution in [0.25, 0.3) is 0 Å². The molecular weight excluding hydrogens is 272 g/mol. The third-order valence-corrected chi connectivity index (χ3v) is 2.57. The van der Waals surface area contributed by atoms with E-state index < -0.39 is 0 Å². The van der Waals surface area contributed by atoms with Crippen LogP contribution in [0, 0.1) is 11.3 Å². The Morgan fingerprint density at radius 1 is 1.24 bits per heavy atom. The second-order valence-corrected chi connectivity index (χ2v) is 4.23. The van der Waals surface area contributed by atoms with E-state index in [1.807, 2.05) is 6.07 Å². The van der Waals surface area contributed by atoms with Gasteiger partial charge in [-0.1, -0.05) is 0 Å². The normalized spacial score (nSPS) is 9.90. The summed E-state index contributed by atoms with van der Waals surface area (Å²) in [6.07, 6.45) is 0.742. The predicted molar refractivity (Wildman–Crippen MR) is 77.0 cm³/mol. The lowest BCUT2D eigenvalue weighted by molar-refractivity contribution is -0.123. The maximum Gasteiger partial charge on any atom is 0.257 e. The summed E-state index contributed by atoms with van der Waals surface area (Å²) >= 11 is 0. The van der Waals surface area contributed by atoms with Crippen molar-refractivity contribution in [2.24, 2.45) is 0 Å². The average molecular weight is 292 g/mol. The third-order valence-electron chi connectivity index (χ3n) is 2.57. The van der Waals surface area contributed by atoms with Gasteiger partial charge in [0.15, 0.2) is 6.61 Å². The highest BCUT2D eigenvalue weighted by Gasteiger charge is 2.02. The zero-order valence-corrected chi connectivity index (χ0v) is 12.1. The number of benzene rings is 1. The van der Waals surface area contributed by atoms with Crippen LogP contribution in [-0.4, -0.2) is 46.0 Å². The lowest BCUT2D eigenvalue weighted by Gasteiger charge is -2.08. The van der Waals surface area contributed by atoms with Crippen LogP contribution < -0.4 is 10.1 Å². The van der Waals surface area contributed by atoms with E-state index in [4.69, 9.17) is 19.5 Å². The molecule has 0 heterocycles. The molecule has 1 amide bonds. The van der Waals surface area contributed by atoms with Gasteiger partial charge in [0.25, 0.3) is 5.91 Å². The van der Waals surface area contributed by atoms with E-state index in [0.717, 1.165) is 6.42 Å². The summed E-state index contributed by atoms with van der Waals surface area (Å²) in [4.78, 5) is 11.5. The maximum atomic E-state index is 11.5. The molecule has 0 saturated carbocycles. The van der Waals surface area contributed by atoms with Crippen LogP contribution >= 0.6 is 0 Å². The number of methoxy groups -OCH3 is 1. The van der Waals surface area contributed by atoms with Crippen LogP contribution in [-0.2, 0) is 14.3 Å². The number of hydrogen-bond donors (Lipinski definition) is 1. The summed E-state index contributed by atoms with van der Waals surface area (Å²) in [6.45, 7) is 2.22. The van der Waals surface area contributed by atoms with E-state index in [9.17, 15) is 4.79 Å². The fraction of sp³-hybridized carbons (Fsp3) is 0.467. The van der Waals surface area contributed by atoms with Gasteiger partial charge in [-0.3, -0.25) is 4.79 Å². The summed E-state index contributed by atoms with van der Waals surface area (Å²) in [6, 6.07) is 8.63. The molecule has 1 aromatic rings. The first-order valence-electron chi connectivity index (χ1n) is 6.72. The van der Waals surface area contributed by atoms with Crippen molar-refractivity contribution in [2.75, 3.05) is 40.1 Å². The molecule has 0 aliphatic rings. The maximum absolute atomic E-state index is 11.5. The Bertz CT molecular complexity index is 454. The highest BCUT2D eigenvalue weighted by molar-refractivity contribution is 5.77. The molecule has 1 aromatic carbocycles. The van der Waals surface area contributed by atoms with Crippen molar-refractivity contribution in [1.82, 2.24) is 5.32 Å². The summed E-state index contributed by atoms with van der Waals surface area (Å²) in [5, 5.41) is 11.4. The van der Waals surface area contributed by atoms with Crippen LogP contribution in [0.3, 0.4) is 0 Å². The quantitative estimate of drug-likeness (QED) is 0.653. The van der Waals surface area contributed by atoms with Crippen LogP contribution in [0.2, 0.25) is 0 Å². The molecule has 0 aliphatic heterocycles. The number of ether oxygens (including phenoxy) is 3. The molecule has 0 spiro atoms. The first-order chi connectivity index (χ1) is 10.3. The molecule has 114 valence electrons. The van der Waals surface area contributed by atoms with Gasteiger partial charge in [-0.05, 0) is 30.7 Å². The van der Waals surface area contributed by atoms with E-state index in [1.54, 1.807) is 31.4 Å². The standard InChI is InChI=1S/C15H20N2O4/c1-19-9-10-20-8-2-7-17-15(18)12-21-14-5-3-13(11-16)4-6-14/h3-6H,2,7-10,12H2,1H3,(H,17,18). The Balaban J connectivity index is 2.07. The average Bonchev–Trinajstić information content (AvgIpc) is 2.52. The molecule has 0 saturated heterocycles. The Kier molecular flexibility index (Phi) is 8.61. The van der Waals surface area contributed by atoms with E-state index in [1.165, 1.54) is 0 Å². The molecule has 1 N–H and O–H groups in total. The number of nitrogens with one attached hydrogen (secondary N) is 1. The highest BCUT2D eigenvalue weighted by Crippen LogP contribution is 2.11. The Hall–Kier alpha value is -2.10. The van der Waals surface area contributed by atoms with Gasteiger partial charge < -0.3 is 19.5 Å². The van der Waals surface area contributed by atoms with Gasteiger partial charge in [-0.15, -0.1) is 0 Å². The van der Waals surface area contributed by atoms with E-state index in [-0.39, 0.29) is 12.5 Å². The van der Waals surface area contributed by atoms with Crippen LogP contribution in [0.4, 0.5) is 0 Å². The van der Waals surface area contributed by atoms with Gasteiger partial charge in [-0.25, -0.2) is 0 Å². The minimum Gasteiger partial charge on any atom is -0.484 e. The highest BCUT2D eigenvalue weighted by atomic mass is 16.5. The molecule has 0 aliphatic carbocycles. The predicted octanol–water partition coefficient (Wildman–Crippen LogP) is 1.11.